The van der Waals surface area contributed by atoms with Gasteiger partial charge in [0.1, 0.15) is 5.82 Å². The Labute approximate surface area is 138 Å². The van der Waals surface area contributed by atoms with Crippen LogP contribution in [0.25, 0.3) is 16.7 Å². The molecule has 0 atom stereocenters. The number of alkyl halides is 1. The van der Waals surface area contributed by atoms with E-state index in [9.17, 15) is 0 Å². The van der Waals surface area contributed by atoms with E-state index in [4.69, 9.17) is 34.8 Å². The molecule has 0 N–H and O–H groups in total. The van der Waals surface area contributed by atoms with Crippen LogP contribution in [0.3, 0.4) is 0 Å². The van der Waals surface area contributed by atoms with E-state index in [1.165, 1.54) is 0 Å². The predicted molar refractivity (Wildman–Crippen MR) is 90.3 cm³/mol. The van der Waals surface area contributed by atoms with Crippen LogP contribution in [0.5, 0.6) is 0 Å². The van der Waals surface area contributed by atoms with Gasteiger partial charge in [-0.25, -0.2) is 4.98 Å². The topological polar surface area (TPSA) is 17.8 Å². The highest BCUT2D eigenvalue weighted by atomic mass is 35.5. The van der Waals surface area contributed by atoms with E-state index in [0.29, 0.717) is 17.3 Å². The van der Waals surface area contributed by atoms with Gasteiger partial charge in [-0.1, -0.05) is 35.3 Å². The van der Waals surface area contributed by atoms with Crippen molar-refractivity contribution < 1.29 is 0 Å². The lowest BCUT2D eigenvalue weighted by Crippen LogP contribution is -2.04. The van der Waals surface area contributed by atoms with Crippen LogP contribution in [-0.4, -0.2) is 15.4 Å². The zero-order chi connectivity index (χ0) is 15.0. The molecule has 0 amide bonds. The number of aryl methyl sites for hydroxylation is 1. The largest absolute Gasteiger partial charge is 0.294 e. The fourth-order valence-electron chi connectivity index (χ4n) is 2.48. The summed E-state index contributed by atoms with van der Waals surface area (Å²) in [5, 5.41) is 1.39. The first-order valence-electron chi connectivity index (χ1n) is 6.60. The number of nitrogens with zero attached hydrogens (tertiary/aromatic N) is 2. The number of hydrogen-bond acceptors (Lipinski definition) is 1. The zero-order valence-electron chi connectivity index (χ0n) is 11.4. The van der Waals surface area contributed by atoms with Crippen molar-refractivity contribution in [2.24, 2.45) is 0 Å². The Morgan fingerprint density at radius 3 is 2.52 bits per heavy atom. The number of hydrogen-bond donors (Lipinski definition) is 0. The summed E-state index contributed by atoms with van der Waals surface area (Å²) in [5.74, 6) is 1.39. The Morgan fingerprint density at radius 1 is 1.05 bits per heavy atom. The van der Waals surface area contributed by atoms with E-state index in [2.05, 4.69) is 9.55 Å². The molecule has 0 spiro atoms. The van der Waals surface area contributed by atoms with Crippen LogP contribution in [-0.2, 0) is 6.42 Å². The van der Waals surface area contributed by atoms with Gasteiger partial charge in [0.15, 0.2) is 0 Å². The molecule has 108 valence electrons. The first-order chi connectivity index (χ1) is 10.1. The van der Waals surface area contributed by atoms with Gasteiger partial charge in [0, 0.05) is 17.3 Å². The highest BCUT2D eigenvalue weighted by Gasteiger charge is 2.16. The highest BCUT2D eigenvalue weighted by Crippen LogP contribution is 2.31. The number of para-hydroxylation sites is 1. The van der Waals surface area contributed by atoms with Gasteiger partial charge in [0.2, 0.25) is 0 Å². The quantitative estimate of drug-likeness (QED) is 0.582. The van der Waals surface area contributed by atoms with Gasteiger partial charge in [-0.3, -0.25) is 4.57 Å². The molecule has 2 aromatic carbocycles. The second-order valence-corrected chi connectivity index (χ2v) is 5.99. The minimum absolute atomic E-state index is 0.501. The second-order valence-electron chi connectivity index (χ2n) is 4.79. The molecule has 0 bridgehead atoms. The molecule has 1 heterocycles. The van der Waals surface area contributed by atoms with Crippen LogP contribution in [0.1, 0.15) is 11.4 Å². The summed E-state index contributed by atoms with van der Waals surface area (Å²) in [6, 6.07) is 11.5. The molecule has 3 rings (SSSR count). The van der Waals surface area contributed by atoms with E-state index in [1.807, 2.05) is 43.3 Å². The SMILES string of the molecule is Cc1c(Cl)cccc1-n1c(CCCl)nc2cccc(Cl)c21. The second kappa shape index (κ2) is 5.88. The summed E-state index contributed by atoms with van der Waals surface area (Å²) in [6.45, 7) is 1.99. The van der Waals surface area contributed by atoms with Gasteiger partial charge in [0.05, 0.1) is 21.7 Å². The van der Waals surface area contributed by atoms with Crippen molar-refractivity contribution in [3.63, 3.8) is 0 Å². The van der Waals surface area contributed by atoms with Crippen LogP contribution < -0.4 is 0 Å². The van der Waals surface area contributed by atoms with E-state index < -0.39 is 0 Å². The molecular formula is C16H13Cl3N2. The molecule has 0 unspecified atom stereocenters. The normalized spacial score (nSPS) is 11.2. The standard InChI is InChI=1S/C16H13Cl3N2/c1-10-11(18)4-3-7-14(10)21-15(8-9-17)20-13-6-2-5-12(19)16(13)21/h2-7H,8-9H2,1H3. The summed E-state index contributed by atoms with van der Waals surface area (Å²) < 4.78 is 2.06. The summed E-state index contributed by atoms with van der Waals surface area (Å²) >= 11 is 18.6. The van der Waals surface area contributed by atoms with Crippen molar-refractivity contribution in [2.75, 3.05) is 5.88 Å². The third-order valence-corrected chi connectivity index (χ3v) is 4.40. The fourth-order valence-corrected chi connectivity index (χ4v) is 3.08. The molecule has 0 aliphatic heterocycles. The van der Waals surface area contributed by atoms with Gasteiger partial charge >= 0.3 is 0 Å². The Hall–Kier alpha value is -1.22. The van der Waals surface area contributed by atoms with Crippen molar-refractivity contribution in [1.29, 1.82) is 0 Å². The van der Waals surface area contributed by atoms with Gasteiger partial charge in [-0.2, -0.15) is 0 Å². The maximum Gasteiger partial charge on any atom is 0.115 e. The van der Waals surface area contributed by atoms with Crippen LogP contribution in [0.4, 0.5) is 0 Å². The average Bonchev–Trinajstić information content (AvgIpc) is 2.82. The van der Waals surface area contributed by atoms with Crippen LogP contribution in [0.2, 0.25) is 10.0 Å². The summed E-state index contributed by atoms with van der Waals surface area (Å²) in [6.07, 6.45) is 0.665. The molecule has 0 saturated heterocycles. The van der Waals surface area contributed by atoms with Crippen molar-refractivity contribution in [3.8, 4) is 5.69 Å². The van der Waals surface area contributed by atoms with E-state index in [0.717, 1.165) is 33.1 Å². The Bertz CT molecular complexity index is 809. The lowest BCUT2D eigenvalue weighted by Gasteiger charge is -2.13. The number of rotatable bonds is 3. The van der Waals surface area contributed by atoms with Gasteiger partial charge in [-0.05, 0) is 36.8 Å². The molecule has 0 fully saturated rings. The van der Waals surface area contributed by atoms with Crippen LogP contribution in [0, 0.1) is 6.92 Å². The number of halogens is 3. The molecular weight excluding hydrogens is 327 g/mol. The molecule has 21 heavy (non-hydrogen) atoms. The van der Waals surface area contributed by atoms with E-state index in [1.54, 1.807) is 0 Å². The first kappa shape index (κ1) is 14.7. The lowest BCUT2D eigenvalue weighted by atomic mass is 10.2. The van der Waals surface area contributed by atoms with Crippen molar-refractivity contribution in [2.45, 2.75) is 13.3 Å². The van der Waals surface area contributed by atoms with E-state index >= 15 is 0 Å². The monoisotopic (exact) mass is 338 g/mol. The maximum atomic E-state index is 6.39. The van der Waals surface area contributed by atoms with Gasteiger partial charge in [-0.15, -0.1) is 11.6 Å². The van der Waals surface area contributed by atoms with Crippen LogP contribution >= 0.6 is 34.8 Å². The fraction of sp³-hybridized carbons (Fsp3) is 0.188. The number of benzene rings is 2. The predicted octanol–water partition coefficient (Wildman–Crippen LogP) is 5.42. The molecule has 1 aromatic heterocycles. The number of aromatic nitrogens is 2. The first-order valence-corrected chi connectivity index (χ1v) is 7.90. The number of imidazole rings is 1. The minimum Gasteiger partial charge on any atom is -0.294 e. The lowest BCUT2D eigenvalue weighted by molar-refractivity contribution is 0.907. The Balaban J connectivity index is 2.39. The zero-order valence-corrected chi connectivity index (χ0v) is 13.7. The van der Waals surface area contributed by atoms with Gasteiger partial charge < -0.3 is 0 Å². The summed E-state index contributed by atoms with van der Waals surface area (Å²) in [7, 11) is 0. The summed E-state index contributed by atoms with van der Waals surface area (Å²) in [5.41, 5.74) is 3.74. The molecule has 0 radical (unpaired) electrons. The van der Waals surface area contributed by atoms with Crippen molar-refractivity contribution >= 4 is 45.8 Å². The molecule has 0 saturated carbocycles. The maximum absolute atomic E-state index is 6.39. The average molecular weight is 340 g/mol. The van der Waals surface area contributed by atoms with Crippen molar-refractivity contribution in [1.82, 2.24) is 9.55 Å². The molecule has 2 nitrogen and oxygen atoms in total. The molecule has 0 aliphatic carbocycles. The molecule has 0 aliphatic rings. The highest BCUT2D eigenvalue weighted by molar-refractivity contribution is 6.35. The Morgan fingerprint density at radius 2 is 1.76 bits per heavy atom. The van der Waals surface area contributed by atoms with Gasteiger partial charge in [0.25, 0.3) is 0 Å². The smallest absolute Gasteiger partial charge is 0.115 e. The molecule has 3 aromatic rings. The third-order valence-electron chi connectivity index (χ3n) is 3.49. The number of fused-ring (bicyclic) bond motifs is 1. The minimum atomic E-state index is 0.501. The Kier molecular flexibility index (Phi) is 4.12. The molecule has 5 heteroatoms. The third kappa shape index (κ3) is 2.52. The van der Waals surface area contributed by atoms with Crippen LogP contribution in [0.15, 0.2) is 36.4 Å². The van der Waals surface area contributed by atoms with Crippen molar-refractivity contribution in [3.05, 3.63) is 57.8 Å². The summed E-state index contributed by atoms with van der Waals surface area (Å²) in [4.78, 5) is 4.66. The van der Waals surface area contributed by atoms with E-state index in [-0.39, 0.29) is 0 Å².